The number of hydrogen-bond acceptors (Lipinski definition) is 2. The van der Waals surface area contributed by atoms with Gasteiger partial charge in [-0.15, -0.1) is 0 Å². The Morgan fingerprint density at radius 3 is 1.94 bits per heavy atom. The minimum absolute atomic E-state index is 0.0113. The van der Waals surface area contributed by atoms with Crippen LogP contribution in [0.5, 0.6) is 5.75 Å². The highest BCUT2D eigenvalue weighted by Crippen LogP contribution is 2.38. The van der Waals surface area contributed by atoms with E-state index in [1.807, 2.05) is 0 Å². The van der Waals surface area contributed by atoms with E-state index in [1.165, 1.54) is 0 Å². The van der Waals surface area contributed by atoms with Gasteiger partial charge in [0.25, 0.3) is 0 Å². The van der Waals surface area contributed by atoms with Crippen molar-refractivity contribution < 1.29 is 40.2 Å². The van der Waals surface area contributed by atoms with E-state index < -0.39 is 46.5 Å². The highest BCUT2D eigenvalue weighted by Gasteiger charge is 2.38. The van der Waals surface area contributed by atoms with Gasteiger partial charge in [-0.3, -0.25) is 0 Å². The topological polar surface area (TPSA) is 18.5 Å². The lowest BCUT2D eigenvalue weighted by molar-refractivity contribution is -0.188. The molecule has 0 saturated carbocycles. The lowest BCUT2D eigenvalue weighted by atomic mass is 9.92. The summed E-state index contributed by atoms with van der Waals surface area (Å²) < 4.78 is 108. The minimum atomic E-state index is -4.54. The smallest absolute Gasteiger partial charge is 0.423 e. The zero-order chi connectivity index (χ0) is 25.3. The zero-order valence-corrected chi connectivity index (χ0v) is 18.6. The second-order valence-electron chi connectivity index (χ2n) is 8.44. The molecule has 1 fully saturated rings. The molecule has 3 aromatic rings. The fourth-order valence-electron chi connectivity index (χ4n) is 4.02. The Labute approximate surface area is 197 Å². The van der Waals surface area contributed by atoms with Crippen LogP contribution < -0.4 is 4.74 Å². The van der Waals surface area contributed by atoms with Crippen molar-refractivity contribution in [1.29, 1.82) is 0 Å². The van der Waals surface area contributed by atoms with Crippen LogP contribution in [0.4, 0.5) is 30.7 Å². The highest BCUT2D eigenvalue weighted by molar-refractivity contribution is 5.65. The molecule has 2 nitrogen and oxygen atoms in total. The van der Waals surface area contributed by atoms with Gasteiger partial charge in [-0.2, -0.15) is 8.78 Å². The normalized spacial score (nSPS) is 18.5. The molecule has 2 unspecified atom stereocenters. The van der Waals surface area contributed by atoms with Gasteiger partial charge in [0, 0.05) is 0 Å². The third-order valence-corrected chi connectivity index (χ3v) is 6.11. The van der Waals surface area contributed by atoms with E-state index in [4.69, 9.17) is 4.74 Å². The first kappa shape index (κ1) is 25.0. The summed E-state index contributed by atoms with van der Waals surface area (Å²) in [5.41, 5.74) is -0.0309. The molecule has 4 rings (SSSR count). The van der Waals surface area contributed by atoms with Gasteiger partial charge in [-0.25, -0.2) is 22.0 Å². The molecule has 1 aliphatic heterocycles. The predicted molar refractivity (Wildman–Crippen MR) is 114 cm³/mol. The van der Waals surface area contributed by atoms with E-state index in [2.05, 4.69) is 11.7 Å². The van der Waals surface area contributed by atoms with E-state index >= 15 is 0 Å². The summed E-state index contributed by atoms with van der Waals surface area (Å²) >= 11 is 0. The first-order valence-electron chi connectivity index (χ1n) is 11.0. The van der Waals surface area contributed by atoms with Crippen molar-refractivity contribution in [3.05, 3.63) is 88.7 Å². The molecular formula is C26H21F7O2. The first-order chi connectivity index (χ1) is 16.6. The number of hydrogen-bond donors (Lipinski definition) is 0. The van der Waals surface area contributed by atoms with Gasteiger partial charge in [0.05, 0.1) is 18.3 Å². The van der Waals surface area contributed by atoms with Crippen molar-refractivity contribution in [3.63, 3.8) is 0 Å². The van der Waals surface area contributed by atoms with E-state index in [-0.39, 0.29) is 23.8 Å². The van der Waals surface area contributed by atoms with Crippen LogP contribution in [0.25, 0.3) is 11.1 Å². The summed E-state index contributed by atoms with van der Waals surface area (Å²) in [6.07, 6.45) is -1.66. The molecule has 1 heterocycles. The van der Waals surface area contributed by atoms with Crippen LogP contribution in [-0.4, -0.2) is 6.61 Å². The average Bonchev–Trinajstić information content (AvgIpc) is 2.84. The molecule has 1 aliphatic rings. The Bertz CT molecular complexity index is 1160. The van der Waals surface area contributed by atoms with Crippen molar-refractivity contribution in [1.82, 2.24) is 0 Å². The number of benzene rings is 3. The van der Waals surface area contributed by atoms with Gasteiger partial charge in [-0.05, 0) is 59.7 Å². The van der Waals surface area contributed by atoms with Crippen LogP contribution >= 0.6 is 0 Å². The molecule has 0 bridgehead atoms. The molecule has 3 aromatic carbocycles. The van der Waals surface area contributed by atoms with E-state index in [0.717, 1.165) is 37.0 Å². The Hall–Kier alpha value is -3.07. The van der Waals surface area contributed by atoms with Crippen molar-refractivity contribution in [2.45, 2.75) is 38.4 Å². The number of rotatable bonds is 6. The van der Waals surface area contributed by atoms with E-state index in [1.54, 1.807) is 24.3 Å². The maximum absolute atomic E-state index is 14.6. The predicted octanol–water partition coefficient (Wildman–Crippen LogP) is 8.06. The summed E-state index contributed by atoms with van der Waals surface area (Å²) in [5.74, 6) is -9.57. The molecule has 9 heteroatoms. The minimum Gasteiger partial charge on any atom is -0.423 e. The monoisotopic (exact) mass is 498 g/mol. The third kappa shape index (κ3) is 5.29. The lowest BCUT2D eigenvalue weighted by Gasteiger charge is -2.28. The molecule has 0 aromatic heterocycles. The van der Waals surface area contributed by atoms with Gasteiger partial charge in [0.2, 0.25) is 0 Å². The van der Waals surface area contributed by atoms with Crippen LogP contribution in [-0.2, 0) is 10.8 Å². The van der Waals surface area contributed by atoms with Crippen LogP contribution in [0.3, 0.4) is 0 Å². The van der Waals surface area contributed by atoms with Gasteiger partial charge < -0.3 is 9.47 Å². The molecule has 35 heavy (non-hydrogen) atoms. The van der Waals surface area contributed by atoms with Crippen molar-refractivity contribution in [2.75, 3.05) is 6.61 Å². The third-order valence-electron chi connectivity index (χ3n) is 6.11. The summed E-state index contributed by atoms with van der Waals surface area (Å²) in [5, 5.41) is 0. The largest absolute Gasteiger partial charge is 0.427 e. The lowest BCUT2D eigenvalue weighted by Crippen LogP contribution is -2.24. The Morgan fingerprint density at radius 1 is 0.829 bits per heavy atom. The standard InChI is InChI=1S/C26H21F7O2/c1-2-14-3-8-23(34-13-14)16-6-4-15(5-7-16)17-9-21(29)25(22(30)10-17)35-26(32,33)18-11-19(27)24(31)20(28)12-18/h4-7,9-12,14,23H,2-3,8,13H2,1H3. The summed E-state index contributed by atoms with van der Waals surface area (Å²) in [6, 6.07) is 8.41. The number of halogens is 7. The summed E-state index contributed by atoms with van der Waals surface area (Å²) in [6.45, 7) is 2.78. The van der Waals surface area contributed by atoms with E-state index in [0.29, 0.717) is 18.1 Å². The Kier molecular flexibility index (Phi) is 7.07. The molecular weight excluding hydrogens is 477 g/mol. The molecule has 0 radical (unpaired) electrons. The highest BCUT2D eigenvalue weighted by atomic mass is 19.3. The second kappa shape index (κ2) is 9.89. The van der Waals surface area contributed by atoms with Gasteiger partial charge in [0.15, 0.2) is 34.8 Å². The number of alkyl halides is 2. The van der Waals surface area contributed by atoms with Crippen molar-refractivity contribution >= 4 is 0 Å². The quantitative estimate of drug-likeness (QED) is 0.253. The molecule has 2 atom stereocenters. The van der Waals surface area contributed by atoms with Crippen LogP contribution in [0.2, 0.25) is 0 Å². The summed E-state index contributed by atoms with van der Waals surface area (Å²) in [4.78, 5) is 0. The van der Waals surface area contributed by atoms with Crippen LogP contribution in [0.15, 0.2) is 48.5 Å². The average molecular weight is 498 g/mol. The van der Waals surface area contributed by atoms with E-state index in [9.17, 15) is 30.7 Å². The molecule has 0 N–H and O–H groups in total. The Balaban J connectivity index is 1.54. The van der Waals surface area contributed by atoms with Crippen molar-refractivity contribution in [3.8, 4) is 16.9 Å². The van der Waals surface area contributed by atoms with Gasteiger partial charge >= 0.3 is 6.11 Å². The maximum Gasteiger partial charge on any atom is 0.427 e. The number of ether oxygens (including phenoxy) is 2. The fraction of sp³-hybridized carbons (Fsp3) is 0.308. The van der Waals surface area contributed by atoms with Crippen LogP contribution in [0.1, 0.15) is 43.4 Å². The van der Waals surface area contributed by atoms with Crippen LogP contribution in [0, 0.1) is 35.0 Å². The zero-order valence-electron chi connectivity index (χ0n) is 18.6. The summed E-state index contributed by atoms with van der Waals surface area (Å²) in [7, 11) is 0. The molecule has 1 saturated heterocycles. The van der Waals surface area contributed by atoms with Gasteiger partial charge in [0.1, 0.15) is 0 Å². The second-order valence-corrected chi connectivity index (χ2v) is 8.44. The molecule has 0 aliphatic carbocycles. The molecule has 186 valence electrons. The Morgan fingerprint density at radius 2 is 1.43 bits per heavy atom. The van der Waals surface area contributed by atoms with Gasteiger partial charge in [-0.1, -0.05) is 37.6 Å². The van der Waals surface area contributed by atoms with Crippen molar-refractivity contribution in [2.24, 2.45) is 5.92 Å². The SMILES string of the molecule is CCC1CCC(c2ccc(-c3cc(F)c(OC(F)(F)c4cc(F)c(F)c(F)c4)c(F)c3)cc2)OC1. The fourth-order valence-corrected chi connectivity index (χ4v) is 4.02. The maximum atomic E-state index is 14.6. The molecule has 0 spiro atoms. The first-order valence-corrected chi connectivity index (χ1v) is 11.0. The molecule has 0 amide bonds.